The fraction of sp³-hybridized carbons (Fsp3) is 0.158. The SMILES string of the molecule is Cc1cccc(-c2nnc(Sc3ccc(C(F)(F)F)nn3)n2Cc2ccco2)c1. The van der Waals surface area contributed by atoms with Gasteiger partial charge in [0.05, 0.1) is 12.8 Å². The number of hydrogen-bond acceptors (Lipinski definition) is 6. The molecule has 3 heterocycles. The molecule has 3 aromatic heterocycles. The minimum Gasteiger partial charge on any atom is -0.467 e. The zero-order valence-corrected chi connectivity index (χ0v) is 15.9. The number of alkyl halides is 3. The monoisotopic (exact) mass is 417 g/mol. The summed E-state index contributed by atoms with van der Waals surface area (Å²) >= 11 is 1.08. The van der Waals surface area contributed by atoms with Crippen LogP contribution < -0.4 is 0 Å². The van der Waals surface area contributed by atoms with Gasteiger partial charge in [-0.1, -0.05) is 23.8 Å². The highest BCUT2D eigenvalue weighted by Gasteiger charge is 2.33. The number of aryl methyl sites for hydroxylation is 1. The molecule has 0 N–H and O–H groups in total. The van der Waals surface area contributed by atoms with E-state index in [1.807, 2.05) is 41.8 Å². The lowest BCUT2D eigenvalue weighted by Gasteiger charge is -2.09. The van der Waals surface area contributed by atoms with Gasteiger partial charge in [-0.15, -0.1) is 20.4 Å². The lowest BCUT2D eigenvalue weighted by atomic mass is 10.1. The molecule has 148 valence electrons. The van der Waals surface area contributed by atoms with Crippen molar-refractivity contribution in [3.63, 3.8) is 0 Å². The normalized spacial score (nSPS) is 11.7. The van der Waals surface area contributed by atoms with E-state index in [9.17, 15) is 13.2 Å². The Hall–Kier alpha value is -3.14. The molecule has 0 fully saturated rings. The average molecular weight is 417 g/mol. The first kappa shape index (κ1) is 19.2. The molecule has 6 nitrogen and oxygen atoms in total. The molecule has 1 aromatic carbocycles. The molecule has 0 saturated heterocycles. The third-order valence-corrected chi connectivity index (χ3v) is 4.93. The van der Waals surface area contributed by atoms with Gasteiger partial charge in [0.1, 0.15) is 10.8 Å². The van der Waals surface area contributed by atoms with E-state index in [2.05, 4.69) is 20.4 Å². The van der Waals surface area contributed by atoms with E-state index >= 15 is 0 Å². The molecule has 0 aliphatic carbocycles. The third-order valence-electron chi connectivity index (χ3n) is 4.01. The van der Waals surface area contributed by atoms with Crippen molar-refractivity contribution in [3.05, 3.63) is 71.8 Å². The summed E-state index contributed by atoms with van der Waals surface area (Å²) in [5.74, 6) is 1.31. The van der Waals surface area contributed by atoms with E-state index in [1.165, 1.54) is 6.07 Å². The van der Waals surface area contributed by atoms with E-state index in [0.717, 1.165) is 29.0 Å². The first-order valence-corrected chi connectivity index (χ1v) is 9.33. The number of rotatable bonds is 5. The minimum atomic E-state index is -4.53. The van der Waals surface area contributed by atoms with Crippen LogP contribution in [0, 0.1) is 6.92 Å². The van der Waals surface area contributed by atoms with Crippen LogP contribution in [0.1, 0.15) is 17.0 Å². The highest BCUT2D eigenvalue weighted by molar-refractivity contribution is 7.99. The van der Waals surface area contributed by atoms with Gasteiger partial charge in [0.25, 0.3) is 0 Å². The van der Waals surface area contributed by atoms with Crippen LogP contribution >= 0.6 is 11.8 Å². The summed E-state index contributed by atoms with van der Waals surface area (Å²) in [7, 11) is 0. The lowest BCUT2D eigenvalue weighted by molar-refractivity contribution is -0.141. The topological polar surface area (TPSA) is 69.6 Å². The maximum atomic E-state index is 12.7. The minimum absolute atomic E-state index is 0.280. The Balaban J connectivity index is 1.69. The summed E-state index contributed by atoms with van der Waals surface area (Å²) in [5.41, 5.74) is 0.895. The zero-order chi connectivity index (χ0) is 20.4. The van der Waals surface area contributed by atoms with E-state index in [1.54, 1.807) is 12.3 Å². The molecule has 0 saturated carbocycles. The standard InChI is InChI=1S/C19H14F3N5OS/c1-12-4-2-5-13(10-12)17-25-26-18(27(17)11-14-6-3-9-28-14)29-16-8-7-15(23-24-16)19(20,21)22/h2-10H,11H2,1H3. The Morgan fingerprint density at radius 1 is 1.00 bits per heavy atom. The largest absolute Gasteiger partial charge is 0.467 e. The predicted molar refractivity (Wildman–Crippen MR) is 99.2 cm³/mol. The second-order valence-electron chi connectivity index (χ2n) is 6.20. The number of aromatic nitrogens is 5. The van der Waals surface area contributed by atoms with Crippen molar-refractivity contribution in [1.82, 2.24) is 25.0 Å². The molecule has 0 amide bonds. The van der Waals surface area contributed by atoms with Crippen molar-refractivity contribution in [1.29, 1.82) is 0 Å². The fourth-order valence-corrected chi connectivity index (χ4v) is 3.43. The second-order valence-corrected chi connectivity index (χ2v) is 7.19. The van der Waals surface area contributed by atoms with E-state index in [4.69, 9.17) is 4.42 Å². The number of hydrogen-bond donors (Lipinski definition) is 0. The number of furan rings is 1. The summed E-state index contributed by atoms with van der Waals surface area (Å²) in [6.45, 7) is 2.34. The molecule has 0 spiro atoms. The molecule has 0 unspecified atom stereocenters. The van der Waals surface area contributed by atoms with Crippen LogP contribution in [-0.2, 0) is 12.7 Å². The Labute approximate surface area is 167 Å². The van der Waals surface area contributed by atoms with Crippen LogP contribution in [0.4, 0.5) is 13.2 Å². The molecule has 4 aromatic rings. The summed E-state index contributed by atoms with van der Waals surface area (Å²) in [4.78, 5) is 0. The van der Waals surface area contributed by atoms with Gasteiger partial charge in [-0.05, 0) is 49.0 Å². The first-order valence-electron chi connectivity index (χ1n) is 8.51. The van der Waals surface area contributed by atoms with Gasteiger partial charge in [0.15, 0.2) is 16.7 Å². The Kier molecular flexibility index (Phi) is 5.10. The predicted octanol–water partition coefficient (Wildman–Crippen LogP) is 4.85. The van der Waals surface area contributed by atoms with Crippen molar-refractivity contribution in [2.45, 2.75) is 29.8 Å². The van der Waals surface area contributed by atoms with Crippen molar-refractivity contribution >= 4 is 11.8 Å². The molecule has 0 aliphatic rings. The van der Waals surface area contributed by atoms with Crippen molar-refractivity contribution in [2.24, 2.45) is 0 Å². The molecule has 0 aliphatic heterocycles. The quantitative estimate of drug-likeness (QED) is 0.462. The number of benzene rings is 1. The van der Waals surface area contributed by atoms with Crippen LogP contribution in [0.2, 0.25) is 0 Å². The van der Waals surface area contributed by atoms with Gasteiger partial charge in [0.2, 0.25) is 0 Å². The second kappa shape index (κ2) is 7.70. The van der Waals surface area contributed by atoms with E-state index in [-0.39, 0.29) is 5.03 Å². The smallest absolute Gasteiger partial charge is 0.435 e. The van der Waals surface area contributed by atoms with Crippen molar-refractivity contribution < 1.29 is 17.6 Å². The number of nitrogens with zero attached hydrogens (tertiary/aromatic N) is 5. The molecule has 10 heteroatoms. The van der Waals surface area contributed by atoms with Crippen molar-refractivity contribution in [2.75, 3.05) is 0 Å². The van der Waals surface area contributed by atoms with Gasteiger partial charge >= 0.3 is 6.18 Å². The average Bonchev–Trinajstić information content (AvgIpc) is 3.33. The van der Waals surface area contributed by atoms with Crippen LogP contribution in [-0.4, -0.2) is 25.0 Å². The van der Waals surface area contributed by atoms with Crippen LogP contribution in [0.15, 0.2) is 69.4 Å². The molecule has 0 radical (unpaired) electrons. The van der Waals surface area contributed by atoms with Crippen molar-refractivity contribution in [3.8, 4) is 11.4 Å². The summed E-state index contributed by atoms with van der Waals surface area (Å²) in [6, 6.07) is 13.6. The van der Waals surface area contributed by atoms with Crippen LogP contribution in [0.5, 0.6) is 0 Å². The summed E-state index contributed by atoms with van der Waals surface area (Å²) < 4.78 is 45.4. The highest BCUT2D eigenvalue weighted by atomic mass is 32.2. The first-order chi connectivity index (χ1) is 13.9. The summed E-state index contributed by atoms with van der Waals surface area (Å²) in [6.07, 6.45) is -2.96. The van der Waals surface area contributed by atoms with E-state index in [0.29, 0.717) is 23.3 Å². The Bertz CT molecular complexity index is 1110. The summed E-state index contributed by atoms with van der Waals surface area (Å²) in [5, 5.41) is 16.2. The van der Waals surface area contributed by atoms with Crippen LogP contribution in [0.3, 0.4) is 0 Å². The molecular formula is C19H14F3N5OS. The van der Waals surface area contributed by atoms with Gasteiger partial charge < -0.3 is 4.42 Å². The van der Waals surface area contributed by atoms with Gasteiger partial charge in [-0.3, -0.25) is 4.57 Å². The maximum Gasteiger partial charge on any atom is 0.435 e. The third kappa shape index (κ3) is 4.32. The lowest BCUT2D eigenvalue weighted by Crippen LogP contribution is -2.09. The maximum absolute atomic E-state index is 12.7. The number of halogens is 3. The van der Waals surface area contributed by atoms with Gasteiger partial charge in [0, 0.05) is 5.56 Å². The van der Waals surface area contributed by atoms with Gasteiger partial charge in [-0.25, -0.2) is 0 Å². The molecular weight excluding hydrogens is 403 g/mol. The molecule has 0 atom stereocenters. The molecule has 29 heavy (non-hydrogen) atoms. The Morgan fingerprint density at radius 2 is 1.86 bits per heavy atom. The fourth-order valence-electron chi connectivity index (χ4n) is 2.68. The highest BCUT2D eigenvalue weighted by Crippen LogP contribution is 2.31. The Morgan fingerprint density at radius 3 is 2.52 bits per heavy atom. The van der Waals surface area contributed by atoms with Crippen LogP contribution in [0.25, 0.3) is 11.4 Å². The van der Waals surface area contributed by atoms with Gasteiger partial charge in [-0.2, -0.15) is 13.2 Å². The molecule has 0 bridgehead atoms. The molecule has 4 rings (SSSR count). The van der Waals surface area contributed by atoms with E-state index < -0.39 is 11.9 Å². The zero-order valence-electron chi connectivity index (χ0n) is 15.1.